The van der Waals surface area contributed by atoms with Gasteiger partial charge in [-0.15, -0.1) is 0 Å². The molecule has 0 saturated heterocycles. The maximum Gasteiger partial charge on any atom is 0.408 e. The standard InChI is InChI=1S/C26H35N3O6/c1-7-29(24(33)20(15-30)27-25(34)35-26(4,5)6)22(18-12-9-13-19(31)14-18)23(32)28-21-16(2)10-8-11-17(21)3/h8-14,20,22,30-31H,7,15H2,1-6H3,(H,27,34)(H,28,32). The van der Waals surface area contributed by atoms with E-state index in [1.807, 2.05) is 32.0 Å². The molecule has 2 aromatic rings. The predicted octanol–water partition coefficient (Wildman–Crippen LogP) is 3.42. The van der Waals surface area contributed by atoms with Crippen LogP contribution in [0.5, 0.6) is 5.75 Å². The molecular weight excluding hydrogens is 450 g/mol. The molecule has 9 heteroatoms. The van der Waals surface area contributed by atoms with Gasteiger partial charge in [-0.25, -0.2) is 4.79 Å². The first-order chi connectivity index (χ1) is 16.4. The maximum absolute atomic E-state index is 13.6. The van der Waals surface area contributed by atoms with Crippen LogP contribution < -0.4 is 10.6 Å². The zero-order chi connectivity index (χ0) is 26.3. The molecule has 2 rings (SSSR count). The van der Waals surface area contributed by atoms with Crippen molar-refractivity contribution in [3.05, 3.63) is 59.2 Å². The molecule has 0 aliphatic heterocycles. The lowest BCUT2D eigenvalue weighted by Gasteiger charge is -2.33. The molecule has 2 atom stereocenters. The second kappa shape index (κ2) is 11.7. The Kier molecular flexibility index (Phi) is 9.25. The number of rotatable bonds is 8. The molecule has 0 saturated carbocycles. The molecule has 0 fully saturated rings. The summed E-state index contributed by atoms with van der Waals surface area (Å²) in [5.41, 5.74) is 1.89. The lowest BCUT2D eigenvalue weighted by atomic mass is 10.0. The normalized spacial score (nSPS) is 12.9. The molecule has 2 unspecified atom stereocenters. The Morgan fingerprint density at radius 1 is 1.06 bits per heavy atom. The van der Waals surface area contributed by atoms with Crippen molar-refractivity contribution >= 4 is 23.6 Å². The van der Waals surface area contributed by atoms with Crippen molar-refractivity contribution in [1.29, 1.82) is 0 Å². The number of aliphatic hydroxyl groups is 1. The monoisotopic (exact) mass is 485 g/mol. The Bertz CT molecular complexity index is 1040. The molecule has 4 N–H and O–H groups in total. The second-order valence-corrected chi connectivity index (χ2v) is 9.26. The largest absolute Gasteiger partial charge is 0.508 e. The SMILES string of the molecule is CCN(C(=O)C(CO)NC(=O)OC(C)(C)C)C(C(=O)Nc1c(C)cccc1C)c1cccc(O)c1. The Morgan fingerprint density at radius 2 is 1.66 bits per heavy atom. The number of aryl methyl sites for hydroxylation is 2. The average molecular weight is 486 g/mol. The molecule has 0 aromatic heterocycles. The van der Waals surface area contributed by atoms with Crippen molar-refractivity contribution in [2.75, 3.05) is 18.5 Å². The Hall–Kier alpha value is -3.59. The zero-order valence-electron chi connectivity index (χ0n) is 21.1. The number of anilines is 1. The number of carbonyl (C=O) groups is 3. The minimum atomic E-state index is -1.34. The maximum atomic E-state index is 13.6. The number of phenolic OH excluding ortho intramolecular Hbond substituents is 1. The average Bonchev–Trinajstić information content (AvgIpc) is 2.76. The fourth-order valence-corrected chi connectivity index (χ4v) is 3.67. The van der Waals surface area contributed by atoms with E-state index in [1.165, 1.54) is 17.0 Å². The third kappa shape index (κ3) is 7.45. The van der Waals surface area contributed by atoms with Gasteiger partial charge in [-0.1, -0.05) is 30.3 Å². The number of amides is 3. The number of benzene rings is 2. The molecule has 0 heterocycles. The van der Waals surface area contributed by atoms with Gasteiger partial charge in [0, 0.05) is 12.2 Å². The summed E-state index contributed by atoms with van der Waals surface area (Å²) in [6.45, 7) is 9.83. The summed E-state index contributed by atoms with van der Waals surface area (Å²) in [5.74, 6) is -1.25. The first-order valence-electron chi connectivity index (χ1n) is 11.4. The van der Waals surface area contributed by atoms with Gasteiger partial charge in [-0.3, -0.25) is 9.59 Å². The molecule has 0 radical (unpaired) electrons. The van der Waals surface area contributed by atoms with Gasteiger partial charge < -0.3 is 30.5 Å². The topological polar surface area (TPSA) is 128 Å². The van der Waals surface area contributed by atoms with Crippen molar-refractivity contribution < 1.29 is 29.3 Å². The highest BCUT2D eigenvalue weighted by Gasteiger charge is 2.35. The summed E-state index contributed by atoms with van der Waals surface area (Å²) < 4.78 is 5.20. The van der Waals surface area contributed by atoms with E-state index in [9.17, 15) is 24.6 Å². The van der Waals surface area contributed by atoms with Crippen LogP contribution in [-0.4, -0.2) is 57.8 Å². The van der Waals surface area contributed by atoms with Crippen molar-refractivity contribution in [1.82, 2.24) is 10.2 Å². The van der Waals surface area contributed by atoms with E-state index in [0.717, 1.165) is 11.1 Å². The number of nitrogens with zero attached hydrogens (tertiary/aromatic N) is 1. The van der Waals surface area contributed by atoms with E-state index in [4.69, 9.17) is 4.74 Å². The highest BCUT2D eigenvalue weighted by Crippen LogP contribution is 2.28. The number of hydrogen-bond acceptors (Lipinski definition) is 6. The lowest BCUT2D eigenvalue weighted by Crippen LogP contribution is -2.53. The van der Waals surface area contributed by atoms with Gasteiger partial charge in [0.2, 0.25) is 5.91 Å². The molecule has 0 bridgehead atoms. The Morgan fingerprint density at radius 3 is 2.17 bits per heavy atom. The van der Waals surface area contributed by atoms with Gasteiger partial charge in [0.25, 0.3) is 5.91 Å². The number of alkyl carbamates (subject to hydrolysis) is 1. The van der Waals surface area contributed by atoms with E-state index in [2.05, 4.69) is 10.6 Å². The molecule has 9 nitrogen and oxygen atoms in total. The fraction of sp³-hybridized carbons (Fsp3) is 0.423. The van der Waals surface area contributed by atoms with Crippen LogP contribution in [-0.2, 0) is 14.3 Å². The molecule has 2 aromatic carbocycles. The summed E-state index contributed by atoms with van der Waals surface area (Å²) in [6.07, 6.45) is -0.866. The molecule has 35 heavy (non-hydrogen) atoms. The number of likely N-dealkylation sites (N-methyl/N-ethyl adjacent to an activating group) is 1. The minimum absolute atomic E-state index is 0.0681. The highest BCUT2D eigenvalue weighted by atomic mass is 16.6. The summed E-state index contributed by atoms with van der Waals surface area (Å²) in [7, 11) is 0. The fourth-order valence-electron chi connectivity index (χ4n) is 3.67. The summed E-state index contributed by atoms with van der Waals surface area (Å²) in [4.78, 5) is 40.5. The lowest BCUT2D eigenvalue weighted by molar-refractivity contribution is -0.141. The molecule has 0 spiro atoms. The van der Waals surface area contributed by atoms with E-state index < -0.39 is 42.2 Å². The number of aromatic hydroxyl groups is 1. The van der Waals surface area contributed by atoms with Gasteiger partial charge in [-0.05, 0) is 70.4 Å². The van der Waals surface area contributed by atoms with Crippen LogP contribution in [0.4, 0.5) is 10.5 Å². The van der Waals surface area contributed by atoms with Crippen molar-refractivity contribution in [3.63, 3.8) is 0 Å². The molecular formula is C26H35N3O6. The predicted molar refractivity (Wildman–Crippen MR) is 133 cm³/mol. The van der Waals surface area contributed by atoms with Gasteiger partial charge in [0.15, 0.2) is 0 Å². The number of nitrogens with one attached hydrogen (secondary N) is 2. The zero-order valence-corrected chi connectivity index (χ0v) is 21.1. The quantitative estimate of drug-likeness (QED) is 0.454. The van der Waals surface area contributed by atoms with Crippen LogP contribution in [0.25, 0.3) is 0 Å². The number of hydrogen-bond donors (Lipinski definition) is 4. The van der Waals surface area contributed by atoms with Gasteiger partial charge in [0.05, 0.1) is 6.61 Å². The van der Waals surface area contributed by atoms with E-state index in [0.29, 0.717) is 11.3 Å². The van der Waals surface area contributed by atoms with Crippen molar-refractivity contribution in [3.8, 4) is 5.75 Å². The summed E-state index contributed by atoms with van der Waals surface area (Å²) in [5, 5.41) is 25.2. The highest BCUT2D eigenvalue weighted by molar-refractivity contribution is 6.00. The van der Waals surface area contributed by atoms with E-state index in [-0.39, 0.29) is 12.3 Å². The molecule has 190 valence electrons. The summed E-state index contributed by atoms with van der Waals surface area (Å²) in [6, 6.07) is 9.18. The van der Waals surface area contributed by atoms with Crippen LogP contribution in [0, 0.1) is 13.8 Å². The van der Waals surface area contributed by atoms with Crippen LogP contribution in [0.1, 0.15) is 50.4 Å². The third-order valence-corrected chi connectivity index (χ3v) is 5.27. The third-order valence-electron chi connectivity index (χ3n) is 5.27. The second-order valence-electron chi connectivity index (χ2n) is 9.26. The van der Waals surface area contributed by atoms with Crippen molar-refractivity contribution in [2.24, 2.45) is 0 Å². The van der Waals surface area contributed by atoms with Gasteiger partial charge in [-0.2, -0.15) is 0 Å². The summed E-state index contributed by atoms with van der Waals surface area (Å²) >= 11 is 0. The van der Waals surface area contributed by atoms with Crippen LogP contribution in [0.2, 0.25) is 0 Å². The van der Waals surface area contributed by atoms with Gasteiger partial charge in [0.1, 0.15) is 23.4 Å². The minimum Gasteiger partial charge on any atom is -0.508 e. The van der Waals surface area contributed by atoms with E-state index in [1.54, 1.807) is 39.8 Å². The van der Waals surface area contributed by atoms with Crippen molar-refractivity contribution in [2.45, 2.75) is 59.2 Å². The molecule has 3 amide bonds. The van der Waals surface area contributed by atoms with Gasteiger partial charge >= 0.3 is 6.09 Å². The smallest absolute Gasteiger partial charge is 0.408 e. The molecule has 0 aliphatic rings. The Labute approximate surface area is 206 Å². The van der Waals surface area contributed by atoms with E-state index >= 15 is 0 Å². The first kappa shape index (κ1) is 27.7. The van der Waals surface area contributed by atoms with Crippen LogP contribution >= 0.6 is 0 Å². The number of phenols is 1. The van der Waals surface area contributed by atoms with Crippen LogP contribution in [0.15, 0.2) is 42.5 Å². The number of carbonyl (C=O) groups excluding carboxylic acids is 3. The number of aliphatic hydroxyl groups excluding tert-OH is 1. The first-order valence-corrected chi connectivity index (χ1v) is 11.4. The number of ether oxygens (including phenoxy) is 1. The van der Waals surface area contributed by atoms with Crippen LogP contribution in [0.3, 0.4) is 0 Å². The number of para-hydroxylation sites is 1. The Balaban J connectivity index is 2.43. The molecule has 0 aliphatic carbocycles.